The number of aromatic nitrogens is 3. The molecule has 0 aliphatic heterocycles. The molecule has 1 unspecified atom stereocenters. The van der Waals surface area contributed by atoms with Crippen LogP contribution in [0.4, 0.5) is 0 Å². The average molecular weight is 734 g/mol. The molecule has 0 radical (unpaired) electrons. The van der Waals surface area contributed by atoms with Crippen LogP contribution in [0.5, 0.6) is 0 Å². The summed E-state index contributed by atoms with van der Waals surface area (Å²) in [4.78, 5) is 15.8. The summed E-state index contributed by atoms with van der Waals surface area (Å²) in [5.74, 6) is 2.04. The van der Waals surface area contributed by atoms with E-state index in [1.807, 2.05) is 72.8 Å². The van der Waals surface area contributed by atoms with Gasteiger partial charge in [-0.1, -0.05) is 121 Å². The summed E-state index contributed by atoms with van der Waals surface area (Å²) < 4.78 is 19.3. The van der Waals surface area contributed by atoms with Crippen LogP contribution in [0.3, 0.4) is 0 Å². The number of nitrogens with zero attached hydrogens (tertiary/aromatic N) is 3. The molecule has 0 bridgehead atoms. The largest absolute Gasteiger partial charge is 0.456 e. The summed E-state index contributed by atoms with van der Waals surface area (Å²) in [6, 6.07) is 51.8. The van der Waals surface area contributed by atoms with Crippen LogP contribution >= 0.6 is 0 Å². The third-order valence-electron chi connectivity index (χ3n) is 11.3. The second-order valence-corrected chi connectivity index (χ2v) is 14.6. The normalized spacial score (nSPS) is 14.5. The zero-order chi connectivity index (χ0) is 37.5. The Kier molecular flexibility index (Phi) is 6.95. The van der Waals surface area contributed by atoms with E-state index >= 15 is 0 Å². The molecule has 6 nitrogen and oxygen atoms in total. The van der Waals surface area contributed by atoms with Gasteiger partial charge in [0.1, 0.15) is 33.5 Å². The molecule has 1 aliphatic rings. The van der Waals surface area contributed by atoms with Crippen LogP contribution in [0.25, 0.3) is 105 Å². The highest BCUT2D eigenvalue weighted by molar-refractivity contribution is 6.17. The van der Waals surface area contributed by atoms with Gasteiger partial charge in [-0.2, -0.15) is 0 Å². The molecule has 4 aromatic heterocycles. The van der Waals surface area contributed by atoms with Gasteiger partial charge >= 0.3 is 0 Å². The minimum absolute atomic E-state index is 0.283. The van der Waals surface area contributed by atoms with Gasteiger partial charge in [0.15, 0.2) is 17.5 Å². The molecule has 0 spiro atoms. The van der Waals surface area contributed by atoms with Gasteiger partial charge in [-0.25, -0.2) is 15.0 Å². The standard InChI is InChI=1S/C51H31N3O3/c1-2-11-30(12-3-1)31-21-23-32(24-22-31)49-52-50(38-16-10-20-45-46(38)36-14-5-8-18-42(36)56-45)54-51(53-49)39-27-26-34(48-47(39)37-15-6-9-19-43(37)57-48)33-25-28-44-40(29-33)35-13-4-7-17-41(35)55-44/h1-21,23-29,31H,22H2. The summed E-state index contributed by atoms with van der Waals surface area (Å²) in [6.07, 6.45) is 7.50. The molecule has 1 aliphatic carbocycles. The maximum Gasteiger partial charge on any atom is 0.164 e. The van der Waals surface area contributed by atoms with E-state index in [2.05, 4.69) is 97.1 Å². The highest BCUT2D eigenvalue weighted by atomic mass is 16.3. The Morgan fingerprint density at radius 2 is 1.04 bits per heavy atom. The monoisotopic (exact) mass is 733 g/mol. The molecule has 0 N–H and O–H groups in total. The van der Waals surface area contributed by atoms with Crippen molar-refractivity contribution in [2.75, 3.05) is 0 Å². The van der Waals surface area contributed by atoms with Gasteiger partial charge in [-0.05, 0) is 66.1 Å². The first kappa shape index (κ1) is 31.7. The van der Waals surface area contributed by atoms with E-state index in [1.54, 1.807) is 0 Å². The molecule has 4 heterocycles. The molecule has 0 amide bonds. The van der Waals surface area contributed by atoms with Gasteiger partial charge in [0, 0.05) is 60.5 Å². The first-order valence-electron chi connectivity index (χ1n) is 19.2. The van der Waals surface area contributed by atoms with E-state index in [1.165, 1.54) is 5.56 Å². The number of rotatable bonds is 5. The van der Waals surface area contributed by atoms with E-state index in [4.69, 9.17) is 28.2 Å². The summed E-state index contributed by atoms with van der Waals surface area (Å²) >= 11 is 0. The van der Waals surface area contributed by atoms with Crippen LogP contribution < -0.4 is 0 Å². The van der Waals surface area contributed by atoms with Crippen molar-refractivity contribution >= 4 is 71.4 Å². The third-order valence-corrected chi connectivity index (χ3v) is 11.3. The zero-order valence-corrected chi connectivity index (χ0v) is 30.5. The second-order valence-electron chi connectivity index (χ2n) is 14.6. The minimum atomic E-state index is 0.283. The first-order chi connectivity index (χ1) is 28.2. The smallest absolute Gasteiger partial charge is 0.164 e. The molecule has 0 fully saturated rings. The third kappa shape index (κ3) is 5.07. The van der Waals surface area contributed by atoms with Crippen molar-refractivity contribution in [3.05, 3.63) is 181 Å². The van der Waals surface area contributed by atoms with Gasteiger partial charge in [-0.3, -0.25) is 0 Å². The summed E-state index contributed by atoms with van der Waals surface area (Å²) in [7, 11) is 0. The van der Waals surface area contributed by atoms with E-state index in [-0.39, 0.29) is 5.92 Å². The lowest BCUT2D eigenvalue weighted by molar-refractivity contribution is 0.668. The van der Waals surface area contributed by atoms with Crippen LogP contribution in [0, 0.1) is 0 Å². The Labute approximate surface area is 326 Å². The van der Waals surface area contributed by atoms with Gasteiger partial charge in [-0.15, -0.1) is 0 Å². The molecular weight excluding hydrogens is 703 g/mol. The molecule has 0 saturated carbocycles. The Bertz CT molecular complexity index is 3460. The van der Waals surface area contributed by atoms with E-state index in [0.29, 0.717) is 17.5 Å². The van der Waals surface area contributed by atoms with Crippen LogP contribution in [-0.2, 0) is 0 Å². The molecular formula is C51H31N3O3. The highest BCUT2D eigenvalue weighted by Gasteiger charge is 2.23. The Balaban J connectivity index is 1.08. The summed E-state index contributed by atoms with van der Waals surface area (Å²) in [5, 5.41) is 6.08. The van der Waals surface area contributed by atoms with Crippen molar-refractivity contribution < 1.29 is 13.3 Å². The number of furan rings is 3. The van der Waals surface area contributed by atoms with Gasteiger partial charge in [0.2, 0.25) is 0 Å². The summed E-state index contributed by atoms with van der Waals surface area (Å²) in [6.45, 7) is 0. The van der Waals surface area contributed by atoms with Crippen LogP contribution in [0.2, 0.25) is 0 Å². The fraction of sp³-hybridized carbons (Fsp3) is 0.0392. The predicted molar refractivity (Wildman–Crippen MR) is 229 cm³/mol. The Morgan fingerprint density at radius 3 is 1.81 bits per heavy atom. The van der Waals surface area contributed by atoms with Crippen LogP contribution in [0.1, 0.15) is 23.7 Å². The van der Waals surface area contributed by atoms with Crippen molar-refractivity contribution in [1.29, 1.82) is 0 Å². The number of para-hydroxylation sites is 3. The average Bonchev–Trinajstić information content (AvgIpc) is 3.98. The van der Waals surface area contributed by atoms with Crippen molar-refractivity contribution in [2.24, 2.45) is 0 Å². The van der Waals surface area contributed by atoms with E-state index < -0.39 is 0 Å². The fourth-order valence-corrected chi connectivity index (χ4v) is 8.58. The van der Waals surface area contributed by atoms with Gasteiger partial charge in [0.05, 0.1) is 0 Å². The number of hydrogen-bond acceptors (Lipinski definition) is 6. The van der Waals surface area contributed by atoms with Crippen LogP contribution in [-0.4, -0.2) is 15.0 Å². The Morgan fingerprint density at radius 1 is 0.439 bits per heavy atom. The molecule has 0 saturated heterocycles. The molecule has 11 aromatic rings. The maximum absolute atomic E-state index is 6.76. The molecule has 1 atom stereocenters. The number of hydrogen-bond donors (Lipinski definition) is 0. The Hall–Kier alpha value is -7.57. The molecule has 6 heteroatoms. The second kappa shape index (κ2) is 12.5. The quantitative estimate of drug-likeness (QED) is 0.175. The first-order valence-corrected chi connectivity index (χ1v) is 19.2. The molecule has 7 aromatic carbocycles. The molecule has 268 valence electrons. The van der Waals surface area contributed by atoms with Gasteiger partial charge < -0.3 is 13.3 Å². The molecule has 57 heavy (non-hydrogen) atoms. The number of fused-ring (bicyclic) bond motifs is 9. The predicted octanol–water partition coefficient (Wildman–Crippen LogP) is 13.7. The lowest BCUT2D eigenvalue weighted by Gasteiger charge is -2.17. The topological polar surface area (TPSA) is 78.1 Å². The minimum Gasteiger partial charge on any atom is -0.456 e. The van der Waals surface area contributed by atoms with Crippen LogP contribution in [0.15, 0.2) is 183 Å². The number of benzene rings is 7. The summed E-state index contributed by atoms with van der Waals surface area (Å²) in [5.41, 5.74) is 10.9. The lowest BCUT2D eigenvalue weighted by Crippen LogP contribution is -2.05. The SMILES string of the molecule is C1=CC(c2ccccc2)CC=C1c1nc(-c2cccc3oc4ccccc4c23)nc(-c2ccc(-c3ccc4oc5ccccc5c4c3)c3oc4ccccc4c23)n1. The zero-order valence-electron chi connectivity index (χ0n) is 30.5. The number of allylic oxidation sites excluding steroid dienone is 4. The van der Waals surface area contributed by atoms with Crippen molar-refractivity contribution in [2.45, 2.75) is 12.3 Å². The van der Waals surface area contributed by atoms with Gasteiger partial charge in [0.25, 0.3) is 0 Å². The maximum atomic E-state index is 6.76. The van der Waals surface area contributed by atoms with Crippen molar-refractivity contribution in [3.8, 4) is 33.9 Å². The molecule has 12 rings (SSSR count). The van der Waals surface area contributed by atoms with Crippen molar-refractivity contribution in [3.63, 3.8) is 0 Å². The highest BCUT2D eigenvalue weighted by Crippen LogP contribution is 2.44. The van der Waals surface area contributed by atoms with E-state index in [0.717, 1.165) is 100 Å². The lowest BCUT2D eigenvalue weighted by atomic mass is 9.90. The van der Waals surface area contributed by atoms with E-state index in [9.17, 15) is 0 Å². The fourth-order valence-electron chi connectivity index (χ4n) is 8.58. The van der Waals surface area contributed by atoms with Crippen molar-refractivity contribution in [1.82, 2.24) is 15.0 Å².